The quantitative estimate of drug-likeness (QED) is 0.287. The number of piperidine rings is 1. The Morgan fingerprint density at radius 2 is 1.31 bits per heavy atom. The highest BCUT2D eigenvalue weighted by Gasteiger charge is 2.26. The Bertz CT molecular complexity index is 730. The van der Waals surface area contributed by atoms with Gasteiger partial charge in [-0.25, -0.2) is 0 Å². The Balaban J connectivity index is 1.46. The number of benzene rings is 1. The second-order valence-electron chi connectivity index (χ2n) is 9.85. The highest BCUT2D eigenvalue weighted by atomic mass is 16.2. The fraction of sp³-hybridized carbons (Fsp3) is 0.690. The Morgan fingerprint density at radius 3 is 1.91 bits per heavy atom. The van der Waals surface area contributed by atoms with E-state index in [0.29, 0.717) is 51.0 Å². The van der Waals surface area contributed by atoms with Crippen molar-refractivity contribution in [2.45, 2.75) is 96.8 Å². The molecule has 196 valence electrons. The van der Waals surface area contributed by atoms with Crippen LogP contribution in [0.15, 0.2) is 30.3 Å². The number of likely N-dealkylation sites (tertiary alicyclic amines) is 1. The van der Waals surface area contributed by atoms with Crippen LogP contribution in [0.5, 0.6) is 0 Å². The first-order valence-corrected chi connectivity index (χ1v) is 14.0. The molecule has 1 aliphatic heterocycles. The van der Waals surface area contributed by atoms with Gasteiger partial charge in [0.25, 0.3) is 5.91 Å². The van der Waals surface area contributed by atoms with Gasteiger partial charge in [0.1, 0.15) is 0 Å². The third-order valence-electron chi connectivity index (χ3n) is 6.96. The molecule has 1 fully saturated rings. The SMILES string of the molecule is CCCCCCCCCCCCCC(=O)N1CCC(C(=O)NCCNC(=O)c2ccccc2)CC1. The summed E-state index contributed by atoms with van der Waals surface area (Å²) in [7, 11) is 0. The first-order chi connectivity index (χ1) is 17.1. The number of rotatable bonds is 17. The second kappa shape index (κ2) is 18.0. The molecule has 1 aromatic carbocycles. The van der Waals surface area contributed by atoms with Crippen LogP contribution in [-0.4, -0.2) is 48.8 Å². The molecule has 0 unspecified atom stereocenters. The van der Waals surface area contributed by atoms with Crippen LogP contribution in [0.3, 0.4) is 0 Å². The fourth-order valence-electron chi connectivity index (χ4n) is 4.69. The summed E-state index contributed by atoms with van der Waals surface area (Å²) in [4.78, 5) is 38.9. The number of hydrogen-bond acceptors (Lipinski definition) is 3. The monoisotopic (exact) mass is 485 g/mol. The molecule has 0 bridgehead atoms. The number of carbonyl (C=O) groups is 3. The van der Waals surface area contributed by atoms with Crippen molar-refractivity contribution in [1.82, 2.24) is 15.5 Å². The molecule has 0 aromatic heterocycles. The maximum Gasteiger partial charge on any atom is 0.251 e. The summed E-state index contributed by atoms with van der Waals surface area (Å²) < 4.78 is 0. The van der Waals surface area contributed by atoms with Crippen molar-refractivity contribution in [3.63, 3.8) is 0 Å². The topological polar surface area (TPSA) is 78.5 Å². The Labute approximate surface area is 212 Å². The lowest BCUT2D eigenvalue weighted by Gasteiger charge is -2.31. The van der Waals surface area contributed by atoms with Crippen LogP contribution in [0.25, 0.3) is 0 Å². The molecule has 35 heavy (non-hydrogen) atoms. The van der Waals surface area contributed by atoms with Gasteiger partial charge < -0.3 is 15.5 Å². The average Bonchev–Trinajstić information content (AvgIpc) is 2.90. The third kappa shape index (κ3) is 12.2. The summed E-state index contributed by atoms with van der Waals surface area (Å²) in [6.07, 6.45) is 16.2. The second-order valence-corrected chi connectivity index (χ2v) is 9.85. The summed E-state index contributed by atoms with van der Waals surface area (Å²) in [6, 6.07) is 9.05. The number of hydrogen-bond donors (Lipinski definition) is 2. The first-order valence-electron chi connectivity index (χ1n) is 14.0. The van der Waals surface area contributed by atoms with Gasteiger partial charge in [-0.15, -0.1) is 0 Å². The van der Waals surface area contributed by atoms with Crippen molar-refractivity contribution >= 4 is 17.7 Å². The van der Waals surface area contributed by atoms with E-state index in [4.69, 9.17) is 0 Å². The van der Waals surface area contributed by atoms with Crippen molar-refractivity contribution < 1.29 is 14.4 Å². The first kappa shape index (κ1) is 28.9. The normalized spacial score (nSPS) is 14.0. The molecule has 6 nitrogen and oxygen atoms in total. The van der Waals surface area contributed by atoms with E-state index in [1.807, 2.05) is 23.1 Å². The molecule has 0 radical (unpaired) electrons. The number of nitrogens with one attached hydrogen (secondary N) is 2. The van der Waals surface area contributed by atoms with Crippen molar-refractivity contribution in [2.75, 3.05) is 26.2 Å². The summed E-state index contributed by atoms with van der Waals surface area (Å²) in [5.41, 5.74) is 0.615. The highest BCUT2D eigenvalue weighted by Crippen LogP contribution is 2.19. The number of nitrogens with zero attached hydrogens (tertiary/aromatic N) is 1. The predicted molar refractivity (Wildman–Crippen MR) is 142 cm³/mol. The van der Waals surface area contributed by atoms with Gasteiger partial charge in [-0.1, -0.05) is 89.3 Å². The van der Waals surface area contributed by atoms with E-state index in [9.17, 15) is 14.4 Å². The average molecular weight is 486 g/mol. The molecule has 1 saturated heterocycles. The number of carbonyl (C=O) groups excluding carboxylic acids is 3. The summed E-state index contributed by atoms with van der Waals surface area (Å²) >= 11 is 0. The van der Waals surface area contributed by atoms with Crippen LogP contribution in [0.1, 0.15) is 107 Å². The van der Waals surface area contributed by atoms with Crippen LogP contribution in [0.2, 0.25) is 0 Å². The molecule has 1 aliphatic rings. The van der Waals surface area contributed by atoms with Crippen LogP contribution in [0.4, 0.5) is 0 Å². The van der Waals surface area contributed by atoms with E-state index in [0.717, 1.165) is 12.8 Å². The molecule has 6 heteroatoms. The Morgan fingerprint density at radius 1 is 0.771 bits per heavy atom. The van der Waals surface area contributed by atoms with Crippen LogP contribution >= 0.6 is 0 Å². The van der Waals surface area contributed by atoms with Crippen LogP contribution in [-0.2, 0) is 9.59 Å². The van der Waals surface area contributed by atoms with Gasteiger partial charge in [0.15, 0.2) is 0 Å². The van der Waals surface area contributed by atoms with E-state index in [2.05, 4.69) is 17.6 Å². The minimum absolute atomic E-state index is 0.0245. The fourth-order valence-corrected chi connectivity index (χ4v) is 4.69. The lowest BCUT2D eigenvalue weighted by atomic mass is 9.95. The lowest BCUT2D eigenvalue weighted by Crippen LogP contribution is -2.44. The van der Waals surface area contributed by atoms with E-state index in [1.54, 1.807) is 12.1 Å². The zero-order valence-corrected chi connectivity index (χ0v) is 21.9. The summed E-state index contributed by atoms with van der Waals surface area (Å²) in [5, 5.41) is 5.74. The molecular formula is C29H47N3O3. The minimum atomic E-state index is -0.135. The van der Waals surface area contributed by atoms with E-state index in [-0.39, 0.29) is 23.6 Å². The van der Waals surface area contributed by atoms with E-state index < -0.39 is 0 Å². The van der Waals surface area contributed by atoms with Gasteiger partial charge in [0.2, 0.25) is 11.8 Å². The van der Waals surface area contributed by atoms with Gasteiger partial charge in [0.05, 0.1) is 0 Å². The van der Waals surface area contributed by atoms with E-state index in [1.165, 1.54) is 57.8 Å². The minimum Gasteiger partial charge on any atom is -0.354 e. The maximum atomic E-state index is 12.5. The van der Waals surface area contributed by atoms with Gasteiger partial charge in [-0.2, -0.15) is 0 Å². The molecule has 1 aromatic rings. The summed E-state index contributed by atoms with van der Waals surface area (Å²) in [5.74, 6) is 0.0788. The number of amides is 3. The third-order valence-corrected chi connectivity index (χ3v) is 6.96. The van der Waals surface area contributed by atoms with E-state index >= 15 is 0 Å². The predicted octanol–water partition coefficient (Wildman–Crippen LogP) is 5.47. The molecule has 2 N–H and O–H groups in total. The molecule has 0 atom stereocenters. The highest BCUT2D eigenvalue weighted by molar-refractivity contribution is 5.94. The van der Waals surface area contributed by atoms with Crippen molar-refractivity contribution in [3.05, 3.63) is 35.9 Å². The molecular weight excluding hydrogens is 438 g/mol. The van der Waals surface area contributed by atoms with Gasteiger partial charge in [-0.05, 0) is 31.4 Å². The lowest BCUT2D eigenvalue weighted by molar-refractivity contribution is -0.135. The molecule has 0 aliphatic carbocycles. The molecule has 0 spiro atoms. The maximum absolute atomic E-state index is 12.5. The number of unbranched alkanes of at least 4 members (excludes halogenated alkanes) is 10. The Hall–Kier alpha value is -2.37. The van der Waals surface area contributed by atoms with Crippen LogP contribution in [0, 0.1) is 5.92 Å². The zero-order chi connectivity index (χ0) is 25.1. The largest absolute Gasteiger partial charge is 0.354 e. The van der Waals surface area contributed by atoms with Crippen molar-refractivity contribution in [1.29, 1.82) is 0 Å². The summed E-state index contributed by atoms with van der Waals surface area (Å²) in [6.45, 7) is 4.40. The van der Waals surface area contributed by atoms with Crippen LogP contribution < -0.4 is 10.6 Å². The molecule has 0 saturated carbocycles. The smallest absolute Gasteiger partial charge is 0.251 e. The molecule has 2 rings (SSSR count). The van der Waals surface area contributed by atoms with Crippen molar-refractivity contribution in [2.24, 2.45) is 5.92 Å². The molecule has 1 heterocycles. The van der Waals surface area contributed by atoms with Gasteiger partial charge >= 0.3 is 0 Å². The standard InChI is InChI=1S/C29H47N3O3/c1-2-3-4-5-6-7-8-9-10-11-15-18-27(33)32-23-19-26(20-24-32)29(35)31-22-21-30-28(34)25-16-13-12-14-17-25/h12-14,16-17,26H,2-11,15,18-24H2,1H3,(H,30,34)(H,31,35). The van der Waals surface area contributed by atoms with Gasteiger partial charge in [-0.3, -0.25) is 14.4 Å². The molecule has 3 amide bonds. The zero-order valence-electron chi connectivity index (χ0n) is 21.9. The Kier molecular flexibility index (Phi) is 14.8. The van der Waals surface area contributed by atoms with Gasteiger partial charge in [0, 0.05) is 44.1 Å². The van der Waals surface area contributed by atoms with Crippen molar-refractivity contribution in [3.8, 4) is 0 Å².